The second-order valence-electron chi connectivity index (χ2n) is 11.0. The number of hydrogen-bond acceptors (Lipinski definition) is 5. The molecule has 0 aliphatic heterocycles. The molecule has 0 radical (unpaired) electrons. The van der Waals surface area contributed by atoms with Crippen molar-refractivity contribution in [3.8, 4) is 5.75 Å². The summed E-state index contributed by atoms with van der Waals surface area (Å²) in [4.78, 5) is 41.8. The minimum Gasteiger partial charge on any atom is -0.508 e. The number of aromatic hydroxyl groups is 1. The fourth-order valence-electron chi connectivity index (χ4n) is 4.09. The summed E-state index contributed by atoms with van der Waals surface area (Å²) in [6, 6.07) is 3.10. The van der Waals surface area contributed by atoms with Gasteiger partial charge in [0, 0.05) is 12.1 Å². The molecule has 1 aromatic rings. The minimum atomic E-state index is -0.879. The second-order valence-corrected chi connectivity index (χ2v) is 11.0. The van der Waals surface area contributed by atoms with Crippen LogP contribution in [0, 0.1) is 12.8 Å². The van der Waals surface area contributed by atoms with Gasteiger partial charge in [-0.25, -0.2) is 4.79 Å². The summed E-state index contributed by atoms with van der Waals surface area (Å²) in [7, 11) is 0. The average Bonchev–Trinajstić information content (AvgIpc) is 3.55. The molecule has 0 saturated heterocycles. The lowest BCUT2D eigenvalue weighted by molar-refractivity contribution is -0.144. The zero-order valence-corrected chi connectivity index (χ0v) is 22.5. The van der Waals surface area contributed by atoms with Crippen LogP contribution in [0.25, 0.3) is 0 Å². The number of nitrogens with zero attached hydrogens (tertiary/aromatic N) is 1. The van der Waals surface area contributed by atoms with Crippen LogP contribution in [0.4, 0.5) is 4.79 Å². The van der Waals surface area contributed by atoms with E-state index in [0.29, 0.717) is 11.1 Å². The van der Waals surface area contributed by atoms with E-state index in [1.54, 1.807) is 50.8 Å². The van der Waals surface area contributed by atoms with Crippen molar-refractivity contribution in [3.63, 3.8) is 0 Å². The van der Waals surface area contributed by atoms with Crippen LogP contribution in [-0.2, 0) is 14.3 Å². The smallest absolute Gasteiger partial charge is 0.408 e. The molecule has 1 aliphatic carbocycles. The number of alkyl carbamates (subject to hydrolysis) is 1. The van der Waals surface area contributed by atoms with Crippen molar-refractivity contribution in [2.75, 3.05) is 0 Å². The lowest BCUT2D eigenvalue weighted by atomic mass is 9.97. The minimum absolute atomic E-state index is 0.0508. The van der Waals surface area contributed by atoms with E-state index in [-0.39, 0.29) is 35.6 Å². The van der Waals surface area contributed by atoms with Gasteiger partial charge >= 0.3 is 6.09 Å². The third-order valence-electron chi connectivity index (χ3n) is 5.97. The first-order chi connectivity index (χ1) is 16.2. The van der Waals surface area contributed by atoms with Crippen LogP contribution in [0.5, 0.6) is 5.75 Å². The summed E-state index contributed by atoms with van der Waals surface area (Å²) in [6.07, 6.45) is 2.64. The standard InChI is InChI=1S/C27H43N3O5/c1-9-10-18(5)28-24(32)23(19-11-14-21(31)17(4)15-19)30(20-12-13-20)25(33)22(16(2)3)29-26(34)35-27(6,7)8/h11,14-16,18,20,22-23,31H,9-10,12-13H2,1-8H3,(H,28,32)(H,29,34). The maximum absolute atomic E-state index is 14.0. The van der Waals surface area contributed by atoms with E-state index in [1.165, 1.54) is 0 Å². The quantitative estimate of drug-likeness (QED) is 0.446. The molecule has 3 amide bonds. The summed E-state index contributed by atoms with van der Waals surface area (Å²) in [6.45, 7) is 14.8. The van der Waals surface area contributed by atoms with Crippen molar-refractivity contribution in [2.24, 2.45) is 5.92 Å². The van der Waals surface area contributed by atoms with Gasteiger partial charge < -0.3 is 25.4 Å². The molecular formula is C27H43N3O5. The van der Waals surface area contributed by atoms with E-state index in [0.717, 1.165) is 25.7 Å². The number of aryl methyl sites for hydroxylation is 1. The number of benzene rings is 1. The van der Waals surface area contributed by atoms with Crippen LogP contribution in [0.2, 0.25) is 0 Å². The molecule has 3 atom stereocenters. The number of hydrogen-bond donors (Lipinski definition) is 3. The van der Waals surface area contributed by atoms with Gasteiger partial charge in [-0.05, 0) is 83.1 Å². The Morgan fingerprint density at radius 3 is 2.26 bits per heavy atom. The predicted molar refractivity (Wildman–Crippen MR) is 136 cm³/mol. The lowest BCUT2D eigenvalue weighted by Crippen LogP contribution is -2.56. The molecule has 0 bridgehead atoms. The normalized spacial score (nSPS) is 16.3. The molecule has 1 fully saturated rings. The number of rotatable bonds is 10. The van der Waals surface area contributed by atoms with Crippen molar-refractivity contribution in [2.45, 2.75) is 111 Å². The highest BCUT2D eigenvalue weighted by atomic mass is 16.6. The zero-order chi connectivity index (χ0) is 26.5. The summed E-state index contributed by atoms with van der Waals surface area (Å²) >= 11 is 0. The molecule has 8 heteroatoms. The van der Waals surface area contributed by atoms with Gasteiger partial charge in [0.25, 0.3) is 0 Å². The van der Waals surface area contributed by atoms with Gasteiger partial charge in [-0.15, -0.1) is 0 Å². The van der Waals surface area contributed by atoms with Gasteiger partial charge in [0.05, 0.1) is 0 Å². The molecule has 1 aromatic carbocycles. The van der Waals surface area contributed by atoms with Crippen LogP contribution in [0.15, 0.2) is 18.2 Å². The summed E-state index contributed by atoms with van der Waals surface area (Å²) in [5.74, 6) is -0.679. The molecule has 1 aliphatic rings. The van der Waals surface area contributed by atoms with E-state index in [1.807, 2.05) is 20.8 Å². The van der Waals surface area contributed by atoms with Crippen LogP contribution in [0.1, 0.15) is 91.3 Å². The Morgan fingerprint density at radius 1 is 1.14 bits per heavy atom. The van der Waals surface area contributed by atoms with Crippen molar-refractivity contribution in [1.29, 1.82) is 0 Å². The van der Waals surface area contributed by atoms with Gasteiger partial charge in [0.1, 0.15) is 23.4 Å². The summed E-state index contributed by atoms with van der Waals surface area (Å²) in [5.41, 5.74) is 0.547. The lowest BCUT2D eigenvalue weighted by Gasteiger charge is -2.36. The highest BCUT2D eigenvalue weighted by Gasteiger charge is 2.45. The SMILES string of the molecule is CCCC(C)NC(=O)C(c1ccc(O)c(C)c1)N(C(=O)C(NC(=O)OC(C)(C)C)C(C)C)C1CC1. The highest BCUT2D eigenvalue weighted by Crippen LogP contribution is 2.37. The number of carbonyl (C=O) groups is 3. The zero-order valence-electron chi connectivity index (χ0n) is 22.5. The molecule has 1 saturated carbocycles. The number of phenols is 1. The van der Waals surface area contributed by atoms with Crippen LogP contribution >= 0.6 is 0 Å². The Balaban J connectivity index is 2.46. The third-order valence-corrected chi connectivity index (χ3v) is 5.97. The van der Waals surface area contributed by atoms with Gasteiger partial charge in [0.15, 0.2) is 0 Å². The Hall–Kier alpha value is -2.77. The molecule has 0 spiro atoms. The average molecular weight is 490 g/mol. The number of ether oxygens (including phenoxy) is 1. The molecule has 3 N–H and O–H groups in total. The molecular weight excluding hydrogens is 446 g/mol. The van der Waals surface area contributed by atoms with Crippen molar-refractivity contribution >= 4 is 17.9 Å². The van der Waals surface area contributed by atoms with E-state index >= 15 is 0 Å². The fraction of sp³-hybridized carbons (Fsp3) is 0.667. The Bertz CT molecular complexity index is 905. The van der Waals surface area contributed by atoms with E-state index in [9.17, 15) is 19.5 Å². The van der Waals surface area contributed by atoms with Gasteiger partial charge in [-0.2, -0.15) is 0 Å². The first-order valence-electron chi connectivity index (χ1n) is 12.7. The molecule has 3 unspecified atom stereocenters. The van der Waals surface area contributed by atoms with Gasteiger partial charge in [0.2, 0.25) is 11.8 Å². The summed E-state index contributed by atoms with van der Waals surface area (Å²) in [5, 5.41) is 15.9. The van der Waals surface area contributed by atoms with Crippen LogP contribution in [0.3, 0.4) is 0 Å². The maximum Gasteiger partial charge on any atom is 0.408 e. The first-order valence-corrected chi connectivity index (χ1v) is 12.7. The Kier molecular flexibility index (Phi) is 9.58. The Morgan fingerprint density at radius 2 is 1.77 bits per heavy atom. The van der Waals surface area contributed by atoms with E-state index in [4.69, 9.17) is 4.74 Å². The number of phenolic OH excluding ortho intramolecular Hbond substituents is 1. The highest BCUT2D eigenvalue weighted by molar-refractivity contribution is 5.93. The van der Waals surface area contributed by atoms with Crippen molar-refractivity contribution in [3.05, 3.63) is 29.3 Å². The van der Waals surface area contributed by atoms with Crippen LogP contribution < -0.4 is 10.6 Å². The maximum atomic E-state index is 14.0. The van der Waals surface area contributed by atoms with E-state index < -0.39 is 23.8 Å². The topological polar surface area (TPSA) is 108 Å². The van der Waals surface area contributed by atoms with Crippen molar-refractivity contribution in [1.82, 2.24) is 15.5 Å². The number of carbonyl (C=O) groups excluding carboxylic acids is 3. The summed E-state index contributed by atoms with van der Waals surface area (Å²) < 4.78 is 5.40. The molecule has 8 nitrogen and oxygen atoms in total. The van der Waals surface area contributed by atoms with Crippen molar-refractivity contribution < 1.29 is 24.2 Å². The molecule has 0 heterocycles. The molecule has 196 valence electrons. The largest absolute Gasteiger partial charge is 0.508 e. The Labute approximate surface area is 209 Å². The monoisotopic (exact) mass is 489 g/mol. The number of nitrogens with one attached hydrogen (secondary N) is 2. The third kappa shape index (κ3) is 8.15. The molecule has 2 rings (SSSR count). The first kappa shape index (κ1) is 28.5. The van der Waals surface area contributed by atoms with Crippen LogP contribution in [-0.4, -0.2) is 51.6 Å². The molecule has 0 aromatic heterocycles. The molecule has 35 heavy (non-hydrogen) atoms. The number of amides is 3. The van der Waals surface area contributed by atoms with E-state index in [2.05, 4.69) is 17.6 Å². The predicted octanol–water partition coefficient (Wildman–Crippen LogP) is 4.59. The second kappa shape index (κ2) is 11.8. The van der Waals surface area contributed by atoms with Gasteiger partial charge in [-0.3, -0.25) is 9.59 Å². The van der Waals surface area contributed by atoms with Gasteiger partial charge in [-0.1, -0.05) is 33.3 Å². The fourth-order valence-corrected chi connectivity index (χ4v) is 4.09.